The van der Waals surface area contributed by atoms with Crippen LogP contribution in [0.4, 0.5) is 5.69 Å². The molecule has 3 N–H and O–H groups in total. The van der Waals surface area contributed by atoms with Gasteiger partial charge in [0.05, 0.1) is 5.69 Å². The Hall–Kier alpha value is -1.98. The molecule has 0 bridgehead atoms. The summed E-state index contributed by atoms with van der Waals surface area (Å²) in [5, 5.41) is 8.99. The number of hydrogen-bond acceptors (Lipinski definition) is 4. The zero-order valence-electron chi connectivity index (χ0n) is 10.8. The van der Waals surface area contributed by atoms with E-state index in [9.17, 15) is 9.59 Å². The van der Waals surface area contributed by atoms with E-state index in [0.717, 1.165) is 12.8 Å². The molecule has 19 heavy (non-hydrogen) atoms. The van der Waals surface area contributed by atoms with Gasteiger partial charge in [-0.3, -0.25) is 0 Å². The Labute approximate surface area is 111 Å². The second-order valence-corrected chi connectivity index (χ2v) is 4.82. The van der Waals surface area contributed by atoms with Crippen LogP contribution >= 0.6 is 0 Å². The normalized spacial score (nSPS) is 16.1. The molecule has 0 amide bonds. The molecule has 0 spiro atoms. The molecule has 0 aromatic carbocycles. The first-order chi connectivity index (χ1) is 9.02. The first-order valence-electron chi connectivity index (χ1n) is 6.44. The molecule has 1 unspecified atom stereocenters. The van der Waals surface area contributed by atoms with Crippen molar-refractivity contribution < 1.29 is 19.4 Å². The minimum Gasteiger partial charge on any atom is -0.479 e. The summed E-state index contributed by atoms with van der Waals surface area (Å²) in [6.07, 6.45) is 3.55. The third-order valence-electron chi connectivity index (χ3n) is 3.09. The second kappa shape index (κ2) is 5.34. The Morgan fingerprint density at radius 1 is 1.58 bits per heavy atom. The van der Waals surface area contributed by atoms with Crippen molar-refractivity contribution in [3.8, 4) is 0 Å². The molecule has 6 nitrogen and oxygen atoms in total. The van der Waals surface area contributed by atoms with E-state index >= 15 is 0 Å². The lowest BCUT2D eigenvalue weighted by Gasteiger charge is -2.13. The van der Waals surface area contributed by atoms with Crippen molar-refractivity contribution in [2.45, 2.75) is 44.8 Å². The number of carboxylic acids is 1. The number of hydrogen-bond donors (Lipinski definition) is 2. The molecule has 6 heteroatoms. The van der Waals surface area contributed by atoms with E-state index in [1.807, 2.05) is 6.92 Å². The van der Waals surface area contributed by atoms with Crippen LogP contribution in [0.2, 0.25) is 0 Å². The number of nitrogens with zero attached hydrogens (tertiary/aromatic N) is 1. The number of rotatable bonds is 6. The summed E-state index contributed by atoms with van der Waals surface area (Å²) < 4.78 is 6.84. The maximum absolute atomic E-state index is 12.0. The van der Waals surface area contributed by atoms with Gasteiger partial charge in [0, 0.05) is 12.2 Å². The molecule has 1 aromatic heterocycles. The molecule has 1 atom stereocenters. The Morgan fingerprint density at radius 2 is 2.26 bits per heavy atom. The number of anilines is 1. The molecule has 0 saturated heterocycles. The van der Waals surface area contributed by atoms with Crippen LogP contribution in [0.5, 0.6) is 0 Å². The SMILES string of the molecule is CCCC(OC(=O)c1cc(N)cn1C1CC1)C(=O)O. The summed E-state index contributed by atoms with van der Waals surface area (Å²) in [7, 11) is 0. The van der Waals surface area contributed by atoms with E-state index in [1.54, 1.807) is 10.8 Å². The van der Waals surface area contributed by atoms with Gasteiger partial charge in [0.25, 0.3) is 0 Å². The van der Waals surface area contributed by atoms with Crippen LogP contribution < -0.4 is 5.73 Å². The van der Waals surface area contributed by atoms with Crippen LogP contribution in [0.25, 0.3) is 0 Å². The smallest absolute Gasteiger partial charge is 0.355 e. The van der Waals surface area contributed by atoms with Crippen molar-refractivity contribution in [3.05, 3.63) is 18.0 Å². The molecule has 1 aliphatic carbocycles. The van der Waals surface area contributed by atoms with Gasteiger partial charge in [0.2, 0.25) is 0 Å². The molecule has 0 aliphatic heterocycles. The summed E-state index contributed by atoms with van der Waals surface area (Å²) in [4.78, 5) is 23.0. The maximum atomic E-state index is 12.0. The van der Waals surface area contributed by atoms with Crippen LogP contribution in [0, 0.1) is 0 Å². The summed E-state index contributed by atoms with van der Waals surface area (Å²) >= 11 is 0. The fourth-order valence-electron chi connectivity index (χ4n) is 2.00. The Kier molecular flexibility index (Phi) is 3.78. The lowest BCUT2D eigenvalue weighted by atomic mass is 10.2. The Balaban J connectivity index is 2.12. The molecule has 1 aromatic rings. The third-order valence-corrected chi connectivity index (χ3v) is 3.09. The van der Waals surface area contributed by atoms with Crippen LogP contribution in [-0.2, 0) is 9.53 Å². The quantitative estimate of drug-likeness (QED) is 0.766. The Bertz CT molecular complexity index is 491. The van der Waals surface area contributed by atoms with E-state index in [1.165, 1.54) is 6.07 Å². The molecule has 0 radical (unpaired) electrons. The number of carboxylic acid groups (broad SMARTS) is 1. The van der Waals surface area contributed by atoms with Gasteiger partial charge in [0.15, 0.2) is 6.10 Å². The minimum absolute atomic E-state index is 0.286. The van der Waals surface area contributed by atoms with E-state index in [-0.39, 0.29) is 6.04 Å². The molecule has 1 aliphatic rings. The summed E-state index contributed by atoms with van der Waals surface area (Å²) in [6, 6.07) is 1.82. The number of ether oxygens (including phenoxy) is 1. The van der Waals surface area contributed by atoms with Gasteiger partial charge in [-0.25, -0.2) is 9.59 Å². The van der Waals surface area contributed by atoms with Crippen molar-refractivity contribution in [1.29, 1.82) is 0 Å². The second-order valence-electron chi connectivity index (χ2n) is 4.82. The van der Waals surface area contributed by atoms with Gasteiger partial charge in [-0.05, 0) is 25.3 Å². The standard InChI is InChI=1S/C13H18N2O4/c1-2-3-11(12(16)17)19-13(18)10-6-8(14)7-15(10)9-4-5-9/h6-7,9,11H,2-5,14H2,1H3,(H,16,17). The minimum atomic E-state index is -1.12. The lowest BCUT2D eigenvalue weighted by molar-refractivity contribution is -0.147. The predicted molar refractivity (Wildman–Crippen MR) is 68.9 cm³/mol. The van der Waals surface area contributed by atoms with Crippen molar-refractivity contribution in [2.75, 3.05) is 5.73 Å². The lowest BCUT2D eigenvalue weighted by Crippen LogP contribution is -2.27. The zero-order chi connectivity index (χ0) is 14.0. The highest BCUT2D eigenvalue weighted by molar-refractivity contribution is 5.91. The molecule has 104 valence electrons. The largest absolute Gasteiger partial charge is 0.479 e. The van der Waals surface area contributed by atoms with Crippen LogP contribution in [0.15, 0.2) is 12.3 Å². The first-order valence-corrected chi connectivity index (χ1v) is 6.44. The number of carbonyl (C=O) groups excluding carboxylic acids is 1. The molecule has 1 fully saturated rings. The maximum Gasteiger partial charge on any atom is 0.355 e. The summed E-state index contributed by atoms with van der Waals surface area (Å²) in [6.45, 7) is 1.84. The van der Waals surface area contributed by atoms with Crippen molar-refractivity contribution in [2.24, 2.45) is 0 Å². The van der Waals surface area contributed by atoms with Crippen molar-refractivity contribution in [3.63, 3.8) is 0 Å². The topological polar surface area (TPSA) is 94.5 Å². The Morgan fingerprint density at radius 3 is 2.79 bits per heavy atom. The van der Waals surface area contributed by atoms with Gasteiger partial charge < -0.3 is 20.1 Å². The van der Waals surface area contributed by atoms with Crippen LogP contribution in [0.3, 0.4) is 0 Å². The average molecular weight is 266 g/mol. The van der Waals surface area contributed by atoms with E-state index < -0.39 is 18.0 Å². The van der Waals surface area contributed by atoms with Crippen molar-refractivity contribution in [1.82, 2.24) is 4.57 Å². The third kappa shape index (κ3) is 3.07. The van der Waals surface area contributed by atoms with Gasteiger partial charge >= 0.3 is 11.9 Å². The highest BCUT2D eigenvalue weighted by Gasteiger charge is 2.30. The number of aliphatic carboxylic acids is 1. The van der Waals surface area contributed by atoms with E-state index in [0.29, 0.717) is 24.2 Å². The summed E-state index contributed by atoms with van der Waals surface area (Å²) in [5.41, 5.74) is 6.51. The van der Waals surface area contributed by atoms with Gasteiger partial charge in [-0.1, -0.05) is 13.3 Å². The number of esters is 1. The van der Waals surface area contributed by atoms with Crippen molar-refractivity contribution >= 4 is 17.6 Å². The number of nitrogen functional groups attached to an aromatic ring is 1. The first kappa shape index (κ1) is 13.5. The highest BCUT2D eigenvalue weighted by Crippen LogP contribution is 2.37. The fraction of sp³-hybridized carbons (Fsp3) is 0.538. The average Bonchev–Trinajstić information content (AvgIpc) is 3.11. The highest BCUT2D eigenvalue weighted by atomic mass is 16.6. The number of nitrogens with two attached hydrogens (primary N) is 1. The summed E-state index contributed by atoms with van der Waals surface area (Å²) in [5.74, 6) is -1.74. The predicted octanol–water partition coefficient (Wildman–Crippen LogP) is 1.82. The van der Waals surface area contributed by atoms with E-state index in [2.05, 4.69) is 0 Å². The molecule has 1 heterocycles. The number of carbonyl (C=O) groups is 2. The monoisotopic (exact) mass is 266 g/mol. The van der Waals surface area contributed by atoms with E-state index in [4.69, 9.17) is 15.6 Å². The van der Waals surface area contributed by atoms with Crippen LogP contribution in [-0.4, -0.2) is 27.7 Å². The van der Waals surface area contributed by atoms with Gasteiger partial charge in [-0.2, -0.15) is 0 Å². The van der Waals surface area contributed by atoms with Crippen LogP contribution in [0.1, 0.15) is 49.1 Å². The van der Waals surface area contributed by atoms with Gasteiger partial charge in [0.1, 0.15) is 5.69 Å². The molecule has 2 rings (SSSR count). The fourth-order valence-corrected chi connectivity index (χ4v) is 2.00. The molecule has 1 saturated carbocycles. The number of aromatic nitrogens is 1. The van der Waals surface area contributed by atoms with Gasteiger partial charge in [-0.15, -0.1) is 0 Å². The zero-order valence-corrected chi connectivity index (χ0v) is 10.8. The molecular formula is C13H18N2O4. The molecular weight excluding hydrogens is 248 g/mol.